The minimum Gasteiger partial charge on any atom is -0.508 e. The molecular weight excluding hydrogens is 296 g/mol. The van der Waals surface area contributed by atoms with E-state index in [0.717, 1.165) is 12.5 Å². The number of aromatic hydroxyl groups is 2. The van der Waals surface area contributed by atoms with E-state index in [9.17, 15) is 19.8 Å². The lowest BCUT2D eigenvalue weighted by Gasteiger charge is -2.34. The fourth-order valence-electron chi connectivity index (χ4n) is 3.66. The van der Waals surface area contributed by atoms with Gasteiger partial charge in [0.25, 0.3) is 0 Å². The van der Waals surface area contributed by atoms with E-state index in [-0.39, 0.29) is 40.8 Å². The third kappa shape index (κ3) is 3.09. The van der Waals surface area contributed by atoms with Crippen LogP contribution < -0.4 is 0 Å². The van der Waals surface area contributed by atoms with Crippen molar-refractivity contribution < 1.29 is 24.5 Å². The monoisotopic (exact) mass is 316 g/mol. The molecule has 1 fully saturated rings. The summed E-state index contributed by atoms with van der Waals surface area (Å²) >= 11 is 0. The third-order valence-electron chi connectivity index (χ3n) is 4.82. The van der Waals surface area contributed by atoms with Crippen LogP contribution in [0, 0.1) is 11.8 Å². The number of Topliss-reactive ketones (excluding diaryl/α,β-unsaturated/α-hetero) is 1. The van der Waals surface area contributed by atoms with Gasteiger partial charge in [-0.05, 0) is 43.2 Å². The summed E-state index contributed by atoms with van der Waals surface area (Å²) in [6.07, 6.45) is 5.74. The minimum atomic E-state index is -0.604. The highest BCUT2D eigenvalue weighted by molar-refractivity contribution is 5.97. The first kappa shape index (κ1) is 15.6. The summed E-state index contributed by atoms with van der Waals surface area (Å²) in [5, 5.41) is 19.6. The first-order valence-corrected chi connectivity index (χ1v) is 7.91. The van der Waals surface area contributed by atoms with E-state index >= 15 is 0 Å². The number of benzene rings is 1. The van der Waals surface area contributed by atoms with Crippen LogP contribution in [0.2, 0.25) is 0 Å². The summed E-state index contributed by atoms with van der Waals surface area (Å²) in [6.45, 7) is 1.84. The second-order valence-electron chi connectivity index (χ2n) is 6.38. The highest BCUT2D eigenvalue weighted by atomic mass is 16.5. The predicted molar refractivity (Wildman–Crippen MR) is 84.1 cm³/mol. The molecule has 0 radical (unpaired) electrons. The predicted octanol–water partition coefficient (Wildman–Crippen LogP) is 3.05. The molecule has 1 heterocycles. The zero-order chi connectivity index (χ0) is 16.6. The van der Waals surface area contributed by atoms with Crippen LogP contribution >= 0.6 is 0 Å². The molecule has 3 rings (SSSR count). The van der Waals surface area contributed by atoms with Crippen molar-refractivity contribution in [2.45, 2.75) is 38.7 Å². The Balaban J connectivity index is 2.00. The van der Waals surface area contributed by atoms with Crippen molar-refractivity contribution >= 4 is 17.8 Å². The molecule has 2 aliphatic rings. The van der Waals surface area contributed by atoms with Gasteiger partial charge < -0.3 is 14.9 Å². The molecule has 1 aromatic rings. The van der Waals surface area contributed by atoms with Crippen LogP contribution in [0.4, 0.5) is 0 Å². The number of hydrogen-bond acceptors (Lipinski definition) is 5. The molecule has 0 amide bonds. The summed E-state index contributed by atoms with van der Waals surface area (Å²) in [6, 6.07) is 2.55. The molecule has 5 nitrogen and oxygen atoms in total. The Morgan fingerprint density at radius 3 is 2.78 bits per heavy atom. The van der Waals surface area contributed by atoms with Gasteiger partial charge in [0, 0.05) is 18.9 Å². The van der Waals surface area contributed by atoms with Crippen LogP contribution in [-0.2, 0) is 9.53 Å². The number of allylic oxidation sites excluding steroid dienone is 1. The number of esters is 1. The zero-order valence-corrected chi connectivity index (χ0v) is 13.0. The van der Waals surface area contributed by atoms with Crippen molar-refractivity contribution in [2.75, 3.05) is 0 Å². The first-order chi connectivity index (χ1) is 11.0. The second kappa shape index (κ2) is 6.07. The van der Waals surface area contributed by atoms with Crippen LogP contribution in [0.3, 0.4) is 0 Å². The van der Waals surface area contributed by atoms with E-state index in [2.05, 4.69) is 0 Å². The summed E-state index contributed by atoms with van der Waals surface area (Å²) < 4.78 is 5.55. The summed E-state index contributed by atoms with van der Waals surface area (Å²) in [5.41, 5.74) is 0.483. The van der Waals surface area contributed by atoms with Crippen LogP contribution in [0.1, 0.15) is 48.5 Å². The van der Waals surface area contributed by atoms with E-state index in [1.807, 2.05) is 13.0 Å². The van der Waals surface area contributed by atoms with Gasteiger partial charge in [0.15, 0.2) is 0 Å². The zero-order valence-electron chi connectivity index (χ0n) is 13.0. The van der Waals surface area contributed by atoms with E-state index < -0.39 is 5.97 Å². The number of ether oxygens (including phenoxy) is 1. The van der Waals surface area contributed by atoms with Crippen LogP contribution in [0.5, 0.6) is 11.5 Å². The van der Waals surface area contributed by atoms with Crippen LogP contribution in [-0.4, -0.2) is 28.1 Å². The number of rotatable bonds is 0. The summed E-state index contributed by atoms with van der Waals surface area (Å²) in [4.78, 5) is 24.2. The van der Waals surface area contributed by atoms with E-state index in [4.69, 9.17) is 4.74 Å². The molecule has 0 spiro atoms. The second-order valence-corrected chi connectivity index (χ2v) is 6.38. The fraction of sp³-hybridized carbons (Fsp3) is 0.444. The SMILES string of the molecule is CC1OC(=O)c2c(O)cc(O)cc2C=CCC2CC(=O)CCC21. The fourth-order valence-corrected chi connectivity index (χ4v) is 3.66. The largest absolute Gasteiger partial charge is 0.508 e. The molecule has 3 unspecified atom stereocenters. The minimum absolute atomic E-state index is 0.0660. The first-order valence-electron chi connectivity index (χ1n) is 7.91. The Morgan fingerprint density at radius 2 is 2.00 bits per heavy atom. The van der Waals surface area contributed by atoms with Crippen molar-refractivity contribution in [3.63, 3.8) is 0 Å². The number of phenols is 2. The number of cyclic esters (lactones) is 1. The number of ketones is 1. The standard InChI is InChI=1S/C18H20O5/c1-10-15-6-5-13(19)7-11(15)3-2-4-12-8-14(20)9-16(21)17(12)18(22)23-10/h2,4,8-11,15,20-21H,3,5-7H2,1H3. The van der Waals surface area contributed by atoms with Crippen molar-refractivity contribution in [1.82, 2.24) is 0 Å². The third-order valence-corrected chi connectivity index (χ3v) is 4.82. The molecule has 5 heteroatoms. The van der Waals surface area contributed by atoms with Gasteiger partial charge in [-0.2, -0.15) is 0 Å². The average molecular weight is 316 g/mol. The Labute approximate surface area is 134 Å². The van der Waals surface area contributed by atoms with Crippen molar-refractivity contribution in [3.8, 4) is 11.5 Å². The molecule has 3 atom stereocenters. The molecule has 23 heavy (non-hydrogen) atoms. The maximum Gasteiger partial charge on any atom is 0.342 e. The smallest absolute Gasteiger partial charge is 0.342 e. The van der Waals surface area contributed by atoms with E-state index in [1.165, 1.54) is 6.07 Å². The lowest BCUT2D eigenvalue weighted by atomic mass is 9.74. The van der Waals surface area contributed by atoms with Gasteiger partial charge in [0.2, 0.25) is 0 Å². The Bertz CT molecular complexity index is 676. The van der Waals surface area contributed by atoms with Crippen LogP contribution in [0.15, 0.2) is 18.2 Å². The lowest BCUT2D eigenvalue weighted by molar-refractivity contribution is -0.123. The molecule has 0 bridgehead atoms. The van der Waals surface area contributed by atoms with Crippen molar-refractivity contribution in [3.05, 3.63) is 29.3 Å². The molecule has 1 aromatic carbocycles. The molecule has 2 N–H and O–H groups in total. The highest BCUT2D eigenvalue weighted by Crippen LogP contribution is 2.37. The Kier molecular flexibility index (Phi) is 4.11. The highest BCUT2D eigenvalue weighted by Gasteiger charge is 2.35. The topological polar surface area (TPSA) is 83.8 Å². The number of carbonyl (C=O) groups is 2. The lowest BCUT2D eigenvalue weighted by Crippen LogP contribution is -2.35. The molecule has 0 aromatic heterocycles. The average Bonchev–Trinajstić information content (AvgIpc) is 2.45. The maximum absolute atomic E-state index is 12.4. The number of hydrogen-bond donors (Lipinski definition) is 2. The van der Waals surface area contributed by atoms with E-state index in [1.54, 1.807) is 6.08 Å². The van der Waals surface area contributed by atoms with Gasteiger partial charge in [-0.1, -0.05) is 12.2 Å². The van der Waals surface area contributed by atoms with E-state index in [0.29, 0.717) is 24.8 Å². The maximum atomic E-state index is 12.4. The molecule has 1 aliphatic heterocycles. The molecule has 122 valence electrons. The molecule has 0 saturated heterocycles. The number of fused-ring (bicyclic) bond motifs is 2. The number of carbonyl (C=O) groups excluding carboxylic acids is 2. The molecule has 1 saturated carbocycles. The van der Waals surface area contributed by atoms with Crippen LogP contribution in [0.25, 0.3) is 6.08 Å². The van der Waals surface area contributed by atoms with Gasteiger partial charge in [-0.3, -0.25) is 4.79 Å². The normalized spacial score (nSPS) is 27.8. The van der Waals surface area contributed by atoms with Crippen molar-refractivity contribution in [1.29, 1.82) is 0 Å². The molecular formula is C18H20O5. The number of phenolic OH excluding ortho intramolecular Hbond substituents is 2. The van der Waals surface area contributed by atoms with Gasteiger partial charge in [0.1, 0.15) is 28.9 Å². The van der Waals surface area contributed by atoms with Gasteiger partial charge in [0.05, 0.1) is 0 Å². The molecule has 1 aliphatic carbocycles. The summed E-state index contributed by atoms with van der Waals surface area (Å²) in [5.74, 6) is -0.463. The quantitative estimate of drug-likeness (QED) is 0.719. The van der Waals surface area contributed by atoms with Gasteiger partial charge in [-0.15, -0.1) is 0 Å². The Hall–Kier alpha value is -2.30. The van der Waals surface area contributed by atoms with Gasteiger partial charge in [-0.25, -0.2) is 4.79 Å². The summed E-state index contributed by atoms with van der Waals surface area (Å²) in [7, 11) is 0. The van der Waals surface area contributed by atoms with Crippen molar-refractivity contribution in [2.24, 2.45) is 11.8 Å². The Morgan fingerprint density at radius 1 is 1.22 bits per heavy atom. The van der Waals surface area contributed by atoms with Gasteiger partial charge >= 0.3 is 5.97 Å².